The molecule has 106 valence electrons. The zero-order chi connectivity index (χ0) is 14.4. The van der Waals surface area contributed by atoms with Gasteiger partial charge >= 0.3 is 0 Å². The number of rotatable bonds is 6. The Balaban J connectivity index is 1.85. The quantitative estimate of drug-likeness (QED) is 0.847. The fourth-order valence-corrected chi connectivity index (χ4v) is 1.80. The van der Waals surface area contributed by atoms with E-state index in [1.807, 2.05) is 38.1 Å². The highest BCUT2D eigenvalue weighted by molar-refractivity contribution is 5.77. The number of amides is 1. The fraction of sp³-hybridized carbons (Fsp3) is 0.400. The maximum atomic E-state index is 11.6. The Labute approximate surface area is 118 Å². The maximum absolute atomic E-state index is 11.6. The van der Waals surface area contributed by atoms with E-state index in [1.54, 1.807) is 6.20 Å². The zero-order valence-corrected chi connectivity index (χ0v) is 11.9. The molecule has 2 N–H and O–H groups in total. The highest BCUT2D eigenvalue weighted by atomic mass is 16.1. The lowest BCUT2D eigenvalue weighted by Crippen LogP contribution is -2.33. The van der Waals surface area contributed by atoms with Gasteiger partial charge in [0, 0.05) is 19.0 Å². The van der Waals surface area contributed by atoms with Crippen LogP contribution < -0.4 is 10.6 Å². The molecule has 5 nitrogen and oxygen atoms in total. The topological polar surface area (TPSA) is 66.9 Å². The number of nitrogens with one attached hydrogen (secondary N) is 2. The molecule has 1 amide bonds. The summed E-state index contributed by atoms with van der Waals surface area (Å²) in [7, 11) is 0. The fourth-order valence-electron chi connectivity index (χ4n) is 1.80. The highest BCUT2D eigenvalue weighted by Crippen LogP contribution is 2.11. The predicted molar refractivity (Wildman–Crippen MR) is 80.5 cm³/mol. The second kappa shape index (κ2) is 6.84. The minimum atomic E-state index is 0.0561. The summed E-state index contributed by atoms with van der Waals surface area (Å²) in [5.41, 5.74) is 1.72. The molecule has 0 spiro atoms. The zero-order valence-electron chi connectivity index (χ0n) is 11.9. The lowest BCUT2D eigenvalue weighted by molar-refractivity contribution is -0.121. The molecule has 0 aliphatic heterocycles. The van der Waals surface area contributed by atoms with Crippen molar-refractivity contribution < 1.29 is 4.79 Å². The molecule has 0 aliphatic rings. The third kappa shape index (κ3) is 3.91. The first kappa shape index (κ1) is 14.2. The lowest BCUT2D eigenvalue weighted by Gasteiger charge is -2.11. The number of nitrogens with zero attached hydrogens (tertiary/aromatic N) is 2. The van der Waals surface area contributed by atoms with Crippen LogP contribution >= 0.6 is 0 Å². The summed E-state index contributed by atoms with van der Waals surface area (Å²) in [4.78, 5) is 20.4. The van der Waals surface area contributed by atoms with Crippen molar-refractivity contribution in [2.75, 3.05) is 11.9 Å². The molecule has 20 heavy (non-hydrogen) atoms. The van der Waals surface area contributed by atoms with Crippen molar-refractivity contribution in [3.8, 4) is 0 Å². The molecule has 1 aromatic carbocycles. The third-order valence-corrected chi connectivity index (χ3v) is 3.13. The molecular weight excluding hydrogens is 252 g/mol. The maximum Gasteiger partial charge on any atom is 0.221 e. The van der Waals surface area contributed by atoms with Gasteiger partial charge in [0.05, 0.1) is 17.2 Å². The SMILES string of the molecule is CCC(C)NC(=O)CCNc1cnc2ccccc2n1. The summed E-state index contributed by atoms with van der Waals surface area (Å²) in [5.74, 6) is 0.751. The summed E-state index contributed by atoms with van der Waals surface area (Å²) in [6.45, 7) is 4.60. The Bertz CT molecular complexity index is 585. The Hall–Kier alpha value is -2.17. The first-order chi connectivity index (χ1) is 9.69. The van der Waals surface area contributed by atoms with Gasteiger partial charge in [-0.3, -0.25) is 9.78 Å². The van der Waals surface area contributed by atoms with Gasteiger partial charge < -0.3 is 10.6 Å². The van der Waals surface area contributed by atoms with Gasteiger partial charge in [-0.2, -0.15) is 0 Å². The van der Waals surface area contributed by atoms with Crippen LogP contribution in [0.5, 0.6) is 0 Å². The highest BCUT2D eigenvalue weighted by Gasteiger charge is 2.05. The first-order valence-corrected chi connectivity index (χ1v) is 6.94. The number of carbonyl (C=O) groups is 1. The number of fused-ring (bicyclic) bond motifs is 1. The lowest BCUT2D eigenvalue weighted by atomic mass is 10.2. The van der Waals surface area contributed by atoms with Gasteiger partial charge in [-0.15, -0.1) is 0 Å². The standard InChI is InChI=1S/C15H20N4O/c1-3-11(2)18-15(20)8-9-16-14-10-17-12-6-4-5-7-13(12)19-14/h4-7,10-11H,3,8-9H2,1-2H3,(H,16,19)(H,18,20). The Kier molecular flexibility index (Phi) is 4.87. The second-order valence-electron chi connectivity index (χ2n) is 4.80. The summed E-state index contributed by atoms with van der Waals surface area (Å²) >= 11 is 0. The van der Waals surface area contributed by atoms with Crippen molar-refractivity contribution in [3.63, 3.8) is 0 Å². The summed E-state index contributed by atoms with van der Waals surface area (Å²) in [5, 5.41) is 6.05. The van der Waals surface area contributed by atoms with E-state index in [0.29, 0.717) is 18.8 Å². The van der Waals surface area contributed by atoms with Crippen molar-refractivity contribution in [2.45, 2.75) is 32.7 Å². The molecule has 5 heteroatoms. The van der Waals surface area contributed by atoms with Gasteiger partial charge in [0.2, 0.25) is 5.91 Å². The van der Waals surface area contributed by atoms with E-state index >= 15 is 0 Å². The number of hydrogen-bond donors (Lipinski definition) is 2. The number of anilines is 1. The van der Waals surface area contributed by atoms with Crippen LogP contribution in [0.4, 0.5) is 5.82 Å². The van der Waals surface area contributed by atoms with E-state index in [2.05, 4.69) is 20.6 Å². The van der Waals surface area contributed by atoms with Crippen molar-refractivity contribution in [1.82, 2.24) is 15.3 Å². The number of carbonyl (C=O) groups excluding carboxylic acids is 1. The van der Waals surface area contributed by atoms with Gasteiger partial charge in [0.15, 0.2) is 0 Å². The van der Waals surface area contributed by atoms with Gasteiger partial charge in [0.1, 0.15) is 5.82 Å². The Morgan fingerprint density at radius 2 is 2.05 bits per heavy atom. The van der Waals surface area contributed by atoms with Gasteiger partial charge in [-0.1, -0.05) is 19.1 Å². The number of para-hydroxylation sites is 2. The van der Waals surface area contributed by atoms with Crippen LogP contribution in [-0.4, -0.2) is 28.5 Å². The predicted octanol–water partition coefficient (Wildman–Crippen LogP) is 2.35. The van der Waals surface area contributed by atoms with Crippen molar-refractivity contribution >= 4 is 22.8 Å². The van der Waals surface area contributed by atoms with Gasteiger partial charge in [-0.05, 0) is 25.5 Å². The minimum absolute atomic E-state index is 0.0561. The molecule has 0 radical (unpaired) electrons. The van der Waals surface area contributed by atoms with E-state index in [0.717, 1.165) is 17.5 Å². The largest absolute Gasteiger partial charge is 0.368 e. The summed E-state index contributed by atoms with van der Waals surface area (Å²) < 4.78 is 0. The van der Waals surface area contributed by atoms with Gasteiger partial charge in [-0.25, -0.2) is 4.98 Å². The Morgan fingerprint density at radius 3 is 2.80 bits per heavy atom. The summed E-state index contributed by atoms with van der Waals surface area (Å²) in [6.07, 6.45) is 3.06. The molecule has 0 bridgehead atoms. The van der Waals surface area contributed by atoms with Crippen LogP contribution in [0, 0.1) is 0 Å². The van der Waals surface area contributed by atoms with Gasteiger partial charge in [0.25, 0.3) is 0 Å². The van der Waals surface area contributed by atoms with Crippen molar-refractivity contribution in [2.24, 2.45) is 0 Å². The van der Waals surface area contributed by atoms with Crippen molar-refractivity contribution in [1.29, 1.82) is 0 Å². The average Bonchev–Trinajstić information content (AvgIpc) is 2.47. The van der Waals surface area contributed by atoms with E-state index in [-0.39, 0.29) is 11.9 Å². The molecule has 2 aromatic rings. The minimum Gasteiger partial charge on any atom is -0.368 e. The molecule has 1 atom stereocenters. The molecular formula is C15H20N4O. The van der Waals surface area contributed by atoms with Crippen LogP contribution in [0.1, 0.15) is 26.7 Å². The first-order valence-electron chi connectivity index (χ1n) is 6.94. The third-order valence-electron chi connectivity index (χ3n) is 3.13. The molecule has 0 saturated carbocycles. The van der Waals surface area contributed by atoms with E-state index in [4.69, 9.17) is 0 Å². The molecule has 0 aliphatic carbocycles. The van der Waals surface area contributed by atoms with Crippen molar-refractivity contribution in [3.05, 3.63) is 30.5 Å². The average molecular weight is 272 g/mol. The van der Waals surface area contributed by atoms with Crippen LogP contribution in [0.15, 0.2) is 30.5 Å². The van der Waals surface area contributed by atoms with Crippen LogP contribution in [0.25, 0.3) is 11.0 Å². The van der Waals surface area contributed by atoms with E-state index < -0.39 is 0 Å². The van der Waals surface area contributed by atoms with Crippen LogP contribution in [0.2, 0.25) is 0 Å². The number of aromatic nitrogens is 2. The molecule has 0 saturated heterocycles. The Morgan fingerprint density at radius 1 is 1.30 bits per heavy atom. The molecule has 1 heterocycles. The van der Waals surface area contributed by atoms with E-state index in [9.17, 15) is 4.79 Å². The van der Waals surface area contributed by atoms with E-state index in [1.165, 1.54) is 0 Å². The normalized spacial score (nSPS) is 12.1. The molecule has 1 unspecified atom stereocenters. The van der Waals surface area contributed by atoms with Crippen LogP contribution in [-0.2, 0) is 4.79 Å². The molecule has 1 aromatic heterocycles. The number of benzene rings is 1. The van der Waals surface area contributed by atoms with Crippen LogP contribution in [0.3, 0.4) is 0 Å². The number of hydrogen-bond acceptors (Lipinski definition) is 4. The molecule has 2 rings (SSSR count). The second-order valence-corrected chi connectivity index (χ2v) is 4.80. The summed E-state index contributed by atoms with van der Waals surface area (Å²) in [6, 6.07) is 7.93. The molecule has 0 fully saturated rings. The monoisotopic (exact) mass is 272 g/mol. The smallest absolute Gasteiger partial charge is 0.221 e.